The van der Waals surface area contributed by atoms with Crippen LogP contribution >= 0.6 is 23.1 Å². The minimum absolute atomic E-state index is 0.175. The van der Waals surface area contributed by atoms with Gasteiger partial charge in [0.2, 0.25) is 0 Å². The van der Waals surface area contributed by atoms with Crippen LogP contribution in [0.5, 0.6) is 0 Å². The number of ether oxygens (including phenoxy) is 1. The van der Waals surface area contributed by atoms with Crippen molar-refractivity contribution in [3.8, 4) is 11.3 Å². The van der Waals surface area contributed by atoms with Gasteiger partial charge in [0.15, 0.2) is 22.9 Å². The molecule has 30 heavy (non-hydrogen) atoms. The summed E-state index contributed by atoms with van der Waals surface area (Å²) in [6.07, 6.45) is -0.816. The van der Waals surface area contributed by atoms with E-state index in [1.807, 2.05) is 30.3 Å². The fourth-order valence-electron chi connectivity index (χ4n) is 2.40. The molecule has 1 unspecified atom stereocenters. The fourth-order valence-corrected chi connectivity index (χ4v) is 3.98. The van der Waals surface area contributed by atoms with Crippen molar-refractivity contribution in [2.75, 3.05) is 11.1 Å². The molecule has 2 aromatic carbocycles. The molecule has 1 amide bonds. The van der Waals surface area contributed by atoms with Crippen molar-refractivity contribution in [1.82, 2.24) is 4.98 Å². The van der Waals surface area contributed by atoms with Gasteiger partial charge in [-0.2, -0.15) is 0 Å². The number of carbonyl (C=O) groups excluding carboxylic acids is 2. The minimum Gasteiger partial charge on any atom is -0.453 e. The Labute approximate surface area is 180 Å². The Morgan fingerprint density at radius 3 is 2.67 bits per heavy atom. The molecule has 1 N–H and O–H groups in total. The highest BCUT2D eigenvalue weighted by Crippen LogP contribution is 2.26. The first-order chi connectivity index (χ1) is 14.4. The van der Waals surface area contributed by atoms with Gasteiger partial charge in [0.05, 0.1) is 12.1 Å². The third-order valence-corrected chi connectivity index (χ3v) is 5.72. The molecule has 0 aliphatic rings. The highest BCUT2D eigenvalue weighted by Gasteiger charge is 2.19. The van der Waals surface area contributed by atoms with E-state index in [0.717, 1.165) is 28.4 Å². The van der Waals surface area contributed by atoms with Crippen LogP contribution in [0.1, 0.15) is 13.3 Å². The summed E-state index contributed by atoms with van der Waals surface area (Å²) in [5.74, 6) is -2.37. The standard InChI is InChI=1S/C21H18F2N2O3S2/c1-13(28-19(26)9-10-29-15-5-3-2-4-6-15)20(27)25-21-24-18(12-30-21)14-7-8-16(22)17(23)11-14/h2-8,11-13H,9-10H2,1H3,(H,24,25,27). The topological polar surface area (TPSA) is 68.3 Å². The highest BCUT2D eigenvalue weighted by atomic mass is 32.2. The molecule has 0 saturated carbocycles. The molecular weight excluding hydrogens is 430 g/mol. The van der Waals surface area contributed by atoms with Crippen molar-refractivity contribution in [3.05, 3.63) is 65.5 Å². The number of hydrogen-bond acceptors (Lipinski definition) is 6. The molecule has 0 aliphatic heterocycles. The normalized spacial score (nSPS) is 11.7. The van der Waals surface area contributed by atoms with Crippen molar-refractivity contribution in [3.63, 3.8) is 0 Å². The number of hydrogen-bond donors (Lipinski definition) is 1. The molecule has 1 aromatic heterocycles. The monoisotopic (exact) mass is 448 g/mol. The number of carbonyl (C=O) groups is 2. The van der Waals surface area contributed by atoms with Gasteiger partial charge in [-0.25, -0.2) is 13.8 Å². The Morgan fingerprint density at radius 1 is 1.17 bits per heavy atom. The second-order valence-corrected chi connectivity index (χ2v) is 8.23. The van der Waals surface area contributed by atoms with Crippen LogP contribution < -0.4 is 5.32 Å². The Hall–Kier alpha value is -2.78. The molecule has 1 atom stereocenters. The van der Waals surface area contributed by atoms with E-state index in [1.165, 1.54) is 24.8 Å². The molecular formula is C21H18F2N2O3S2. The number of benzene rings is 2. The first-order valence-electron chi connectivity index (χ1n) is 9.01. The van der Waals surface area contributed by atoms with Crippen LogP contribution in [-0.4, -0.2) is 28.7 Å². The number of nitrogens with one attached hydrogen (secondary N) is 1. The van der Waals surface area contributed by atoms with Crippen molar-refractivity contribution >= 4 is 40.1 Å². The number of halogens is 2. The molecule has 0 radical (unpaired) electrons. The first kappa shape index (κ1) is 21.9. The van der Waals surface area contributed by atoms with Gasteiger partial charge in [0.25, 0.3) is 5.91 Å². The predicted molar refractivity (Wildman–Crippen MR) is 113 cm³/mol. The van der Waals surface area contributed by atoms with E-state index in [9.17, 15) is 18.4 Å². The smallest absolute Gasteiger partial charge is 0.307 e. The maximum atomic E-state index is 13.4. The van der Waals surface area contributed by atoms with Crippen molar-refractivity contribution in [1.29, 1.82) is 0 Å². The van der Waals surface area contributed by atoms with Crippen molar-refractivity contribution in [2.45, 2.75) is 24.3 Å². The average Bonchev–Trinajstić information content (AvgIpc) is 3.19. The molecule has 0 bridgehead atoms. The van der Waals surface area contributed by atoms with Crippen molar-refractivity contribution in [2.24, 2.45) is 0 Å². The molecule has 0 aliphatic carbocycles. The summed E-state index contributed by atoms with van der Waals surface area (Å²) < 4.78 is 31.6. The lowest BCUT2D eigenvalue weighted by atomic mass is 10.2. The van der Waals surface area contributed by atoms with Crippen LogP contribution in [0.15, 0.2) is 58.8 Å². The molecule has 0 fully saturated rings. The molecule has 1 heterocycles. The van der Waals surface area contributed by atoms with Crippen LogP contribution in [0.25, 0.3) is 11.3 Å². The number of aromatic nitrogens is 1. The van der Waals surface area contributed by atoms with E-state index >= 15 is 0 Å². The minimum atomic E-state index is -0.991. The number of rotatable bonds is 8. The maximum Gasteiger partial charge on any atom is 0.307 e. The van der Waals surface area contributed by atoms with Crippen LogP contribution in [0, 0.1) is 11.6 Å². The summed E-state index contributed by atoms with van der Waals surface area (Å²) in [5, 5.41) is 4.44. The quantitative estimate of drug-likeness (QED) is 0.382. The van der Waals surface area contributed by atoms with E-state index in [4.69, 9.17) is 4.74 Å². The predicted octanol–water partition coefficient (Wildman–Crippen LogP) is 5.14. The second kappa shape index (κ2) is 10.3. The molecule has 3 rings (SSSR count). The fraction of sp³-hybridized carbons (Fsp3) is 0.190. The lowest BCUT2D eigenvalue weighted by Gasteiger charge is -2.12. The summed E-state index contributed by atoms with van der Waals surface area (Å²) in [6.45, 7) is 1.47. The van der Waals surface area contributed by atoms with E-state index in [0.29, 0.717) is 17.0 Å². The van der Waals surface area contributed by atoms with Crippen molar-refractivity contribution < 1.29 is 23.1 Å². The molecule has 0 spiro atoms. The van der Waals surface area contributed by atoms with Crippen LogP contribution in [0.3, 0.4) is 0 Å². The van der Waals surface area contributed by atoms with Crippen LogP contribution in [-0.2, 0) is 14.3 Å². The Kier molecular flexibility index (Phi) is 7.53. The zero-order chi connectivity index (χ0) is 21.5. The SMILES string of the molecule is CC(OC(=O)CCSc1ccccc1)C(=O)Nc1nc(-c2ccc(F)c(F)c2)cs1. The number of esters is 1. The second-order valence-electron chi connectivity index (χ2n) is 6.20. The lowest BCUT2D eigenvalue weighted by molar-refractivity contribution is -0.152. The van der Waals surface area contributed by atoms with E-state index in [1.54, 1.807) is 5.38 Å². The summed E-state index contributed by atoms with van der Waals surface area (Å²) in [6, 6.07) is 13.1. The summed E-state index contributed by atoms with van der Waals surface area (Å²) >= 11 is 2.66. The molecule has 3 aromatic rings. The molecule has 0 saturated heterocycles. The summed E-state index contributed by atoms with van der Waals surface area (Å²) in [7, 11) is 0. The van der Waals surface area contributed by atoms with Crippen LogP contribution in [0.2, 0.25) is 0 Å². The van der Waals surface area contributed by atoms with Gasteiger partial charge >= 0.3 is 5.97 Å². The molecule has 5 nitrogen and oxygen atoms in total. The van der Waals surface area contributed by atoms with Gasteiger partial charge in [-0.1, -0.05) is 18.2 Å². The van der Waals surface area contributed by atoms with E-state index in [-0.39, 0.29) is 11.6 Å². The lowest BCUT2D eigenvalue weighted by Crippen LogP contribution is -2.30. The Morgan fingerprint density at radius 2 is 1.93 bits per heavy atom. The zero-order valence-electron chi connectivity index (χ0n) is 15.9. The number of thiazole rings is 1. The van der Waals surface area contributed by atoms with E-state index in [2.05, 4.69) is 10.3 Å². The first-order valence-corrected chi connectivity index (χ1v) is 10.9. The van der Waals surface area contributed by atoms with Crippen LogP contribution in [0.4, 0.5) is 13.9 Å². The Balaban J connectivity index is 1.47. The number of thioether (sulfide) groups is 1. The van der Waals surface area contributed by atoms with Gasteiger partial charge in [0.1, 0.15) is 0 Å². The molecule has 9 heteroatoms. The number of nitrogens with zero attached hydrogens (tertiary/aromatic N) is 1. The van der Waals surface area contributed by atoms with Gasteiger partial charge in [-0.3, -0.25) is 14.9 Å². The molecule has 156 valence electrons. The highest BCUT2D eigenvalue weighted by molar-refractivity contribution is 7.99. The van der Waals surface area contributed by atoms with Gasteiger partial charge in [0, 0.05) is 21.6 Å². The zero-order valence-corrected chi connectivity index (χ0v) is 17.6. The number of amides is 1. The Bertz CT molecular complexity index is 1030. The van der Waals surface area contributed by atoms with Gasteiger partial charge in [-0.15, -0.1) is 23.1 Å². The van der Waals surface area contributed by atoms with Gasteiger partial charge < -0.3 is 4.74 Å². The largest absolute Gasteiger partial charge is 0.453 e. The summed E-state index contributed by atoms with van der Waals surface area (Å²) in [5.41, 5.74) is 0.790. The third kappa shape index (κ3) is 6.11. The summed E-state index contributed by atoms with van der Waals surface area (Å²) in [4.78, 5) is 29.4. The third-order valence-electron chi connectivity index (χ3n) is 3.95. The van der Waals surface area contributed by atoms with E-state index < -0.39 is 29.6 Å². The van der Waals surface area contributed by atoms with Gasteiger partial charge in [-0.05, 0) is 37.3 Å². The average molecular weight is 449 g/mol. The number of anilines is 1. The maximum absolute atomic E-state index is 13.4.